The molecule has 6 heteroatoms. The smallest absolute Gasteiger partial charge is 0.262 e. The van der Waals surface area contributed by atoms with Crippen LogP contribution in [0.2, 0.25) is 0 Å². The fourth-order valence-electron chi connectivity index (χ4n) is 1.71. The lowest BCUT2D eigenvalue weighted by Gasteiger charge is -2.04. The largest absolute Gasteiger partial charge is 0.270 e. The Labute approximate surface area is 114 Å². The number of anilines is 1. The molecule has 0 saturated heterocycles. The molecule has 0 saturated carbocycles. The van der Waals surface area contributed by atoms with Crippen molar-refractivity contribution in [2.45, 2.75) is 4.90 Å². The number of benzene rings is 1. The second kappa shape index (κ2) is 4.64. The van der Waals surface area contributed by atoms with Crippen molar-refractivity contribution in [2.24, 2.45) is 0 Å². The fraction of sp³-hybridized carbons (Fsp3) is 0. The molecule has 0 aliphatic heterocycles. The Morgan fingerprint density at radius 1 is 1.05 bits per heavy atom. The van der Waals surface area contributed by atoms with E-state index in [1.165, 1.54) is 11.3 Å². The van der Waals surface area contributed by atoms with E-state index in [0.717, 1.165) is 10.2 Å². The number of sulfonamides is 1. The zero-order valence-corrected chi connectivity index (χ0v) is 11.4. The Morgan fingerprint density at radius 3 is 2.58 bits per heavy atom. The molecule has 0 spiro atoms. The maximum Gasteiger partial charge on any atom is 0.262 e. The Kier molecular flexibility index (Phi) is 2.96. The molecule has 19 heavy (non-hydrogen) atoms. The van der Waals surface area contributed by atoms with E-state index in [9.17, 15) is 8.42 Å². The molecule has 3 rings (SSSR count). The maximum absolute atomic E-state index is 12.2. The van der Waals surface area contributed by atoms with E-state index in [1.807, 2.05) is 12.1 Å². The molecule has 0 radical (unpaired) electrons. The molecule has 0 atom stereocenters. The van der Waals surface area contributed by atoms with Crippen molar-refractivity contribution >= 4 is 36.6 Å². The van der Waals surface area contributed by atoms with Crippen LogP contribution in [0.4, 0.5) is 5.00 Å². The molecule has 96 valence electrons. The van der Waals surface area contributed by atoms with Gasteiger partial charge in [-0.2, -0.15) is 0 Å². The van der Waals surface area contributed by atoms with Gasteiger partial charge in [0.15, 0.2) is 0 Å². The van der Waals surface area contributed by atoms with E-state index in [0.29, 0.717) is 5.00 Å². The van der Waals surface area contributed by atoms with Crippen LogP contribution >= 0.6 is 11.3 Å². The number of hydrogen-bond acceptors (Lipinski definition) is 4. The molecule has 0 aliphatic carbocycles. The van der Waals surface area contributed by atoms with Crippen LogP contribution < -0.4 is 4.72 Å². The average Bonchev–Trinajstić information content (AvgIpc) is 2.81. The normalized spacial score (nSPS) is 11.6. The van der Waals surface area contributed by atoms with E-state index >= 15 is 0 Å². The summed E-state index contributed by atoms with van der Waals surface area (Å²) in [5.74, 6) is 0. The molecule has 0 unspecified atom stereocenters. The predicted molar refractivity (Wildman–Crippen MR) is 76.9 cm³/mol. The Balaban J connectivity index is 1.97. The highest BCUT2D eigenvalue weighted by Crippen LogP contribution is 2.29. The highest BCUT2D eigenvalue weighted by Gasteiger charge is 2.14. The van der Waals surface area contributed by atoms with Gasteiger partial charge in [-0.05, 0) is 30.3 Å². The summed E-state index contributed by atoms with van der Waals surface area (Å²) in [5.41, 5.74) is 0.790. The quantitative estimate of drug-likeness (QED) is 0.806. The van der Waals surface area contributed by atoms with Crippen LogP contribution in [0.25, 0.3) is 10.2 Å². The zero-order chi connectivity index (χ0) is 13.3. The standard InChI is InChI=1S/C13H10N2O2S2/c16-19(17,10-5-2-1-3-6-10)15-13-9-11-12(18-13)7-4-8-14-11/h1-9,15H. The third-order valence-corrected chi connectivity index (χ3v) is 5.09. The van der Waals surface area contributed by atoms with Gasteiger partial charge in [0.05, 0.1) is 15.1 Å². The number of nitrogens with zero attached hydrogens (tertiary/aromatic N) is 1. The number of nitrogens with one attached hydrogen (secondary N) is 1. The molecule has 1 aromatic carbocycles. The summed E-state index contributed by atoms with van der Waals surface area (Å²) in [5, 5.41) is 0.567. The molecule has 1 N–H and O–H groups in total. The van der Waals surface area contributed by atoms with E-state index in [2.05, 4.69) is 9.71 Å². The van der Waals surface area contributed by atoms with Crippen LogP contribution in [0, 0.1) is 0 Å². The highest BCUT2D eigenvalue weighted by molar-refractivity contribution is 7.93. The fourth-order valence-corrected chi connectivity index (χ4v) is 3.93. The van der Waals surface area contributed by atoms with E-state index in [1.54, 1.807) is 42.6 Å². The third-order valence-electron chi connectivity index (χ3n) is 2.58. The van der Waals surface area contributed by atoms with E-state index < -0.39 is 10.0 Å². The third kappa shape index (κ3) is 2.45. The van der Waals surface area contributed by atoms with Gasteiger partial charge >= 0.3 is 0 Å². The van der Waals surface area contributed by atoms with Crippen LogP contribution in [0.3, 0.4) is 0 Å². The van der Waals surface area contributed by atoms with Crippen LogP contribution in [0.15, 0.2) is 59.6 Å². The van der Waals surface area contributed by atoms with Crippen molar-refractivity contribution in [2.75, 3.05) is 4.72 Å². The van der Waals surface area contributed by atoms with Gasteiger partial charge in [-0.1, -0.05) is 18.2 Å². The molecule has 0 aliphatic rings. The number of fused-ring (bicyclic) bond motifs is 1. The molecule has 3 aromatic rings. The highest BCUT2D eigenvalue weighted by atomic mass is 32.2. The number of thiophene rings is 1. The van der Waals surface area contributed by atoms with Crippen LogP contribution in [-0.2, 0) is 10.0 Å². The first-order valence-electron chi connectivity index (χ1n) is 5.58. The molecule has 0 bridgehead atoms. The zero-order valence-electron chi connectivity index (χ0n) is 9.78. The minimum atomic E-state index is -3.53. The van der Waals surface area contributed by atoms with Crippen molar-refractivity contribution in [1.29, 1.82) is 0 Å². The summed E-state index contributed by atoms with van der Waals surface area (Å²) < 4.78 is 27.8. The SMILES string of the molecule is O=S(=O)(Nc1cc2ncccc2s1)c1ccccc1. The van der Waals surface area contributed by atoms with Crippen molar-refractivity contribution in [3.05, 3.63) is 54.7 Å². The minimum Gasteiger partial charge on any atom is -0.270 e. The van der Waals surface area contributed by atoms with E-state index in [4.69, 9.17) is 0 Å². The second-order valence-corrected chi connectivity index (χ2v) is 6.68. The van der Waals surface area contributed by atoms with Gasteiger partial charge in [0.1, 0.15) is 5.00 Å². The topological polar surface area (TPSA) is 59.1 Å². The number of pyridine rings is 1. The lowest BCUT2D eigenvalue weighted by atomic mass is 10.4. The Morgan fingerprint density at radius 2 is 1.84 bits per heavy atom. The van der Waals surface area contributed by atoms with Crippen molar-refractivity contribution in [3.63, 3.8) is 0 Å². The average molecular weight is 290 g/mol. The Hall–Kier alpha value is -1.92. The number of rotatable bonds is 3. The number of hydrogen-bond donors (Lipinski definition) is 1. The van der Waals surface area contributed by atoms with Crippen molar-refractivity contribution < 1.29 is 8.42 Å². The molecule has 4 nitrogen and oxygen atoms in total. The monoisotopic (exact) mass is 290 g/mol. The van der Waals surface area contributed by atoms with Gasteiger partial charge in [-0.3, -0.25) is 9.71 Å². The Bertz CT molecular complexity index is 778. The molecular weight excluding hydrogens is 280 g/mol. The van der Waals surface area contributed by atoms with Gasteiger partial charge in [-0.25, -0.2) is 8.42 Å². The maximum atomic E-state index is 12.2. The first-order chi connectivity index (χ1) is 9.15. The summed E-state index contributed by atoms with van der Waals surface area (Å²) in [6, 6.07) is 13.8. The van der Waals surface area contributed by atoms with E-state index in [-0.39, 0.29) is 4.90 Å². The summed E-state index contributed by atoms with van der Waals surface area (Å²) >= 11 is 1.37. The van der Waals surface area contributed by atoms with Crippen molar-refractivity contribution in [1.82, 2.24) is 4.98 Å². The first kappa shape index (κ1) is 12.1. The summed E-state index contributed by atoms with van der Waals surface area (Å²) in [6.07, 6.45) is 1.69. The molecule has 0 amide bonds. The first-order valence-corrected chi connectivity index (χ1v) is 7.87. The molecule has 2 aromatic heterocycles. The van der Waals surface area contributed by atoms with Crippen molar-refractivity contribution in [3.8, 4) is 0 Å². The van der Waals surface area contributed by atoms with Gasteiger partial charge in [0.25, 0.3) is 10.0 Å². The lowest BCUT2D eigenvalue weighted by Crippen LogP contribution is -2.11. The van der Waals surface area contributed by atoms with Crippen LogP contribution in [0.1, 0.15) is 0 Å². The molecular formula is C13H10N2O2S2. The molecule has 2 heterocycles. The van der Waals surface area contributed by atoms with Gasteiger partial charge in [0.2, 0.25) is 0 Å². The predicted octanol–water partition coefficient (Wildman–Crippen LogP) is 3.10. The van der Waals surface area contributed by atoms with Crippen LogP contribution in [0.5, 0.6) is 0 Å². The lowest BCUT2D eigenvalue weighted by molar-refractivity contribution is 0.601. The van der Waals surface area contributed by atoms with Crippen LogP contribution in [-0.4, -0.2) is 13.4 Å². The minimum absolute atomic E-state index is 0.250. The second-order valence-electron chi connectivity index (χ2n) is 3.92. The molecule has 0 fully saturated rings. The number of aromatic nitrogens is 1. The van der Waals surface area contributed by atoms with Gasteiger partial charge < -0.3 is 0 Å². The van der Waals surface area contributed by atoms with Gasteiger partial charge in [-0.15, -0.1) is 11.3 Å². The summed E-state index contributed by atoms with van der Waals surface area (Å²) in [4.78, 5) is 4.43. The summed E-state index contributed by atoms with van der Waals surface area (Å²) in [7, 11) is -3.53. The van der Waals surface area contributed by atoms with Gasteiger partial charge in [0, 0.05) is 6.20 Å². The summed E-state index contributed by atoms with van der Waals surface area (Å²) in [6.45, 7) is 0.